The van der Waals surface area contributed by atoms with Crippen molar-refractivity contribution in [1.82, 2.24) is 5.32 Å². The minimum atomic E-state index is -0.0555. The lowest BCUT2D eigenvalue weighted by molar-refractivity contribution is 0.0944. The lowest BCUT2D eigenvalue weighted by atomic mass is 10.1. The Morgan fingerprint density at radius 1 is 1.32 bits per heavy atom. The summed E-state index contributed by atoms with van der Waals surface area (Å²) >= 11 is 0. The predicted molar refractivity (Wildman–Crippen MR) is 80.2 cm³/mol. The maximum absolute atomic E-state index is 11.8. The summed E-state index contributed by atoms with van der Waals surface area (Å²) in [5.41, 5.74) is 1.84. The summed E-state index contributed by atoms with van der Waals surface area (Å²) in [6.07, 6.45) is 4.14. The molecule has 106 valence electrons. The first-order valence-corrected chi connectivity index (χ1v) is 6.92. The lowest BCUT2D eigenvalue weighted by Crippen LogP contribution is -2.27. The van der Waals surface area contributed by atoms with Gasteiger partial charge in [0.05, 0.1) is 13.2 Å². The van der Waals surface area contributed by atoms with E-state index in [4.69, 9.17) is 4.74 Å². The Bertz CT molecular complexity index is 427. The third kappa shape index (κ3) is 5.16. The molecule has 1 aromatic rings. The van der Waals surface area contributed by atoms with E-state index in [0.29, 0.717) is 12.1 Å². The summed E-state index contributed by atoms with van der Waals surface area (Å²) in [6, 6.07) is 7.54. The fraction of sp³-hybridized carbons (Fsp3) is 0.438. The summed E-state index contributed by atoms with van der Waals surface area (Å²) in [5, 5.41) is 2.86. The van der Waals surface area contributed by atoms with Crippen LogP contribution in [-0.2, 0) is 4.74 Å². The van der Waals surface area contributed by atoms with E-state index < -0.39 is 0 Å². The topological polar surface area (TPSA) is 38.3 Å². The quantitative estimate of drug-likeness (QED) is 0.903. The number of hydrogen-bond acceptors (Lipinski definition) is 2. The molecule has 1 heterocycles. The van der Waals surface area contributed by atoms with Crippen LogP contribution in [0.5, 0.6) is 0 Å². The molecule has 1 N–H and O–H groups in total. The van der Waals surface area contributed by atoms with Crippen molar-refractivity contribution in [3.8, 4) is 0 Å². The van der Waals surface area contributed by atoms with E-state index in [1.165, 1.54) is 0 Å². The molecule has 0 fully saturated rings. The highest BCUT2D eigenvalue weighted by molar-refractivity contribution is 5.94. The molecule has 1 aliphatic heterocycles. The number of amides is 1. The second-order valence-corrected chi connectivity index (χ2v) is 4.21. The van der Waals surface area contributed by atoms with E-state index in [1.807, 2.05) is 51.1 Å². The zero-order valence-corrected chi connectivity index (χ0v) is 12.0. The van der Waals surface area contributed by atoms with Gasteiger partial charge in [-0.2, -0.15) is 0 Å². The first-order chi connectivity index (χ1) is 9.25. The zero-order valence-electron chi connectivity index (χ0n) is 12.0. The number of benzene rings is 1. The van der Waals surface area contributed by atoms with E-state index in [9.17, 15) is 4.79 Å². The van der Waals surface area contributed by atoms with Gasteiger partial charge in [-0.1, -0.05) is 31.5 Å². The molecule has 0 saturated carbocycles. The number of ether oxygens (including phenoxy) is 1. The van der Waals surface area contributed by atoms with Crippen LogP contribution in [-0.4, -0.2) is 19.1 Å². The molecule has 0 radical (unpaired) electrons. The van der Waals surface area contributed by atoms with Crippen molar-refractivity contribution in [3.05, 3.63) is 47.2 Å². The Balaban J connectivity index is 0.00000115. The molecule has 0 unspecified atom stereocenters. The molecule has 0 aromatic heterocycles. The van der Waals surface area contributed by atoms with Crippen molar-refractivity contribution in [3.63, 3.8) is 0 Å². The average molecular weight is 263 g/mol. The number of hydrogen-bond donors (Lipinski definition) is 1. The summed E-state index contributed by atoms with van der Waals surface area (Å²) in [6.45, 7) is 7.24. The fourth-order valence-electron chi connectivity index (χ4n) is 1.71. The Hall–Kier alpha value is -1.77. The monoisotopic (exact) mass is 263 g/mol. The van der Waals surface area contributed by atoms with E-state index in [1.54, 1.807) is 0 Å². The van der Waals surface area contributed by atoms with Crippen molar-refractivity contribution in [1.29, 1.82) is 0 Å². The molecule has 2 rings (SSSR count). The van der Waals surface area contributed by atoms with Gasteiger partial charge in [-0.3, -0.25) is 4.79 Å². The average Bonchev–Trinajstić information content (AvgIpc) is 2.49. The molecule has 19 heavy (non-hydrogen) atoms. The summed E-state index contributed by atoms with van der Waals surface area (Å²) in [4.78, 5) is 11.8. The third-order valence-electron chi connectivity index (χ3n) is 2.74. The Morgan fingerprint density at radius 2 is 2.00 bits per heavy atom. The van der Waals surface area contributed by atoms with Crippen molar-refractivity contribution < 1.29 is 11.0 Å². The third-order valence-corrected chi connectivity index (χ3v) is 2.74. The van der Waals surface area contributed by atoms with Gasteiger partial charge in [0.1, 0.15) is 5.76 Å². The molecular weight excluding hydrogens is 238 g/mol. The first kappa shape index (κ1) is 15.3. The minimum absolute atomic E-state index is 0. The molecule has 3 heteroatoms. The maximum Gasteiger partial charge on any atom is 0.251 e. The highest BCUT2D eigenvalue weighted by atomic mass is 16.5. The number of nitrogens with one attached hydrogen (secondary N) is 1. The van der Waals surface area contributed by atoms with Crippen molar-refractivity contribution in [2.24, 2.45) is 0 Å². The van der Waals surface area contributed by atoms with Gasteiger partial charge in [-0.25, -0.2) is 0 Å². The van der Waals surface area contributed by atoms with Crippen LogP contribution in [0.15, 0.2) is 36.1 Å². The first-order valence-electron chi connectivity index (χ1n) is 6.92. The molecule has 0 atom stereocenters. The number of carbonyl (C=O) groups excluding carboxylic acids is 1. The fourth-order valence-corrected chi connectivity index (χ4v) is 1.71. The van der Waals surface area contributed by atoms with Gasteiger partial charge in [0.15, 0.2) is 0 Å². The molecule has 1 aliphatic rings. The predicted octanol–water partition coefficient (Wildman–Crippen LogP) is 3.69. The van der Waals surface area contributed by atoms with Crippen molar-refractivity contribution in [2.75, 3.05) is 13.2 Å². The number of carbonyl (C=O) groups is 1. The summed E-state index contributed by atoms with van der Waals surface area (Å²) in [7, 11) is 0. The molecule has 3 nitrogen and oxygen atoms in total. The summed E-state index contributed by atoms with van der Waals surface area (Å²) in [5.74, 6) is 0.816. The molecule has 0 aliphatic carbocycles. The lowest BCUT2D eigenvalue weighted by Gasteiger charge is -2.15. The molecule has 0 bridgehead atoms. The van der Waals surface area contributed by atoms with Crippen LogP contribution in [0.25, 0.3) is 0 Å². The highest BCUT2D eigenvalue weighted by Crippen LogP contribution is 2.09. The van der Waals surface area contributed by atoms with E-state index in [2.05, 4.69) is 5.32 Å². The van der Waals surface area contributed by atoms with Crippen LogP contribution in [0.1, 0.15) is 44.0 Å². The number of aryl methyl sites for hydroxylation is 1. The molecule has 0 saturated heterocycles. The van der Waals surface area contributed by atoms with Crippen LogP contribution >= 0.6 is 0 Å². The van der Waals surface area contributed by atoms with Crippen molar-refractivity contribution in [2.45, 2.75) is 33.6 Å². The van der Waals surface area contributed by atoms with Crippen molar-refractivity contribution >= 4 is 5.91 Å². The highest BCUT2D eigenvalue weighted by Gasteiger charge is 2.08. The maximum atomic E-state index is 11.8. The zero-order chi connectivity index (χ0) is 14.1. The summed E-state index contributed by atoms with van der Waals surface area (Å²) < 4.78 is 5.43. The van der Waals surface area contributed by atoms with E-state index >= 15 is 0 Å². The van der Waals surface area contributed by atoms with Crippen LogP contribution in [0.3, 0.4) is 0 Å². The molecular formula is C16H25NO2. The van der Waals surface area contributed by atoms with Gasteiger partial charge >= 0.3 is 0 Å². The van der Waals surface area contributed by atoms with E-state index in [-0.39, 0.29) is 7.33 Å². The second kappa shape index (κ2) is 8.35. The van der Waals surface area contributed by atoms with E-state index in [0.717, 1.165) is 30.8 Å². The molecule has 1 aromatic carbocycles. The largest absolute Gasteiger partial charge is 0.496 e. The van der Waals surface area contributed by atoms with Gasteiger partial charge in [0, 0.05) is 6.99 Å². The smallest absolute Gasteiger partial charge is 0.251 e. The number of rotatable bonds is 3. The number of allylic oxidation sites excluding steroid dienone is 1. The Kier molecular flexibility index (Phi) is 6.72. The van der Waals surface area contributed by atoms with Crippen LogP contribution in [0.2, 0.25) is 0 Å². The van der Waals surface area contributed by atoms with Crippen LogP contribution in [0.4, 0.5) is 0 Å². The normalized spacial score (nSPS) is 13.5. The van der Waals surface area contributed by atoms with Crippen LogP contribution in [0, 0.1) is 6.92 Å². The standard InChI is InChI=1S/C14H17NO2.C2H6.H2/c1-11-5-7-12(8-6-11)14(16)15-10-13-4-2-3-9-17-13;1-2;/h4-8H,2-3,9-10H2,1H3,(H,15,16);1-2H3;1H. The Labute approximate surface area is 117 Å². The Morgan fingerprint density at radius 3 is 2.58 bits per heavy atom. The van der Waals surface area contributed by atoms with Gasteiger partial charge < -0.3 is 10.1 Å². The molecule has 0 spiro atoms. The molecule has 1 amide bonds. The van der Waals surface area contributed by atoms with Crippen LogP contribution < -0.4 is 5.32 Å². The minimum Gasteiger partial charge on any atom is -0.496 e. The van der Waals surface area contributed by atoms with Gasteiger partial charge in [-0.15, -0.1) is 0 Å². The van der Waals surface area contributed by atoms with Gasteiger partial charge in [-0.05, 0) is 38.0 Å². The SMILES string of the molecule is CC.Cc1ccc(C(=O)NCC2=CCCCO2)cc1.[HH]. The van der Waals surface area contributed by atoms with Gasteiger partial charge in [0.2, 0.25) is 0 Å². The second-order valence-electron chi connectivity index (χ2n) is 4.21. The van der Waals surface area contributed by atoms with Gasteiger partial charge in [0.25, 0.3) is 5.91 Å².